The summed E-state index contributed by atoms with van der Waals surface area (Å²) in [7, 11) is 0. The molecule has 0 radical (unpaired) electrons. The SMILES string of the molecule is Cl.NCC1(C(=O)Nc2cccc(-c3nccs3)c2)CCOCC1. The number of thiazole rings is 1. The Kier molecular flexibility index (Phi) is 6.12. The first kappa shape index (κ1) is 17.9. The summed E-state index contributed by atoms with van der Waals surface area (Å²) in [5.74, 6) is -0.0189. The number of hydrogen-bond acceptors (Lipinski definition) is 5. The van der Waals surface area contributed by atoms with Gasteiger partial charge >= 0.3 is 0 Å². The van der Waals surface area contributed by atoms with Crippen LogP contribution < -0.4 is 11.1 Å². The summed E-state index contributed by atoms with van der Waals surface area (Å²) in [6.07, 6.45) is 3.11. The second-order valence-corrected chi connectivity index (χ2v) is 6.36. The first-order valence-corrected chi connectivity index (χ1v) is 8.21. The van der Waals surface area contributed by atoms with Crippen molar-refractivity contribution in [2.45, 2.75) is 12.8 Å². The topological polar surface area (TPSA) is 77.2 Å². The van der Waals surface area contributed by atoms with Gasteiger partial charge in [0.25, 0.3) is 0 Å². The average molecular weight is 354 g/mol. The number of halogens is 1. The van der Waals surface area contributed by atoms with E-state index in [-0.39, 0.29) is 18.3 Å². The second kappa shape index (κ2) is 7.88. The summed E-state index contributed by atoms with van der Waals surface area (Å²) in [6.45, 7) is 1.52. The number of anilines is 1. The third kappa shape index (κ3) is 3.90. The normalized spacial score (nSPS) is 16.4. The highest BCUT2D eigenvalue weighted by Crippen LogP contribution is 2.31. The first-order chi connectivity index (χ1) is 10.7. The van der Waals surface area contributed by atoms with Gasteiger partial charge in [0.15, 0.2) is 0 Å². The molecule has 0 unspecified atom stereocenters. The van der Waals surface area contributed by atoms with Crippen molar-refractivity contribution in [3.63, 3.8) is 0 Å². The lowest BCUT2D eigenvalue weighted by atomic mass is 9.79. The first-order valence-electron chi connectivity index (χ1n) is 7.33. The van der Waals surface area contributed by atoms with E-state index in [0.717, 1.165) is 16.3 Å². The number of rotatable bonds is 4. The molecule has 0 spiro atoms. The van der Waals surface area contributed by atoms with Crippen LogP contribution in [-0.2, 0) is 9.53 Å². The summed E-state index contributed by atoms with van der Waals surface area (Å²) < 4.78 is 5.35. The molecule has 0 atom stereocenters. The molecule has 23 heavy (non-hydrogen) atoms. The highest BCUT2D eigenvalue weighted by molar-refractivity contribution is 7.13. The van der Waals surface area contributed by atoms with Crippen molar-refractivity contribution in [3.8, 4) is 10.6 Å². The van der Waals surface area contributed by atoms with Gasteiger partial charge < -0.3 is 15.8 Å². The molecule has 0 bridgehead atoms. The number of nitrogens with two attached hydrogens (primary N) is 1. The van der Waals surface area contributed by atoms with Crippen LogP contribution in [0.4, 0.5) is 5.69 Å². The lowest BCUT2D eigenvalue weighted by molar-refractivity contribution is -0.130. The Morgan fingerprint density at radius 2 is 2.17 bits per heavy atom. The number of carbonyl (C=O) groups excluding carboxylic acids is 1. The number of ether oxygens (including phenoxy) is 1. The molecule has 1 aromatic heterocycles. The van der Waals surface area contributed by atoms with E-state index < -0.39 is 5.41 Å². The molecular weight excluding hydrogens is 334 g/mol. The second-order valence-electron chi connectivity index (χ2n) is 5.47. The number of nitrogens with zero attached hydrogens (tertiary/aromatic N) is 1. The molecular formula is C16H20ClN3O2S. The molecule has 1 amide bonds. The number of hydrogen-bond donors (Lipinski definition) is 2. The van der Waals surface area contributed by atoms with E-state index in [9.17, 15) is 4.79 Å². The fourth-order valence-electron chi connectivity index (χ4n) is 2.65. The van der Waals surface area contributed by atoms with Gasteiger partial charge in [0.1, 0.15) is 5.01 Å². The quantitative estimate of drug-likeness (QED) is 0.885. The van der Waals surface area contributed by atoms with Crippen LogP contribution in [0.3, 0.4) is 0 Å². The Bertz CT molecular complexity index is 643. The maximum atomic E-state index is 12.7. The standard InChI is InChI=1S/C16H19N3O2S.ClH/c17-11-16(4-7-21-8-5-16)15(20)19-13-3-1-2-12(10-13)14-18-6-9-22-14;/h1-3,6,9-10H,4-5,7-8,11,17H2,(H,19,20);1H. The fraction of sp³-hybridized carbons (Fsp3) is 0.375. The summed E-state index contributed by atoms with van der Waals surface area (Å²) in [4.78, 5) is 17.0. The van der Waals surface area contributed by atoms with Crippen LogP contribution in [0, 0.1) is 5.41 Å². The van der Waals surface area contributed by atoms with E-state index in [1.54, 1.807) is 17.5 Å². The predicted molar refractivity (Wildman–Crippen MR) is 95.0 cm³/mol. The predicted octanol–water partition coefficient (Wildman–Crippen LogP) is 2.93. The van der Waals surface area contributed by atoms with Crippen LogP contribution in [0.15, 0.2) is 35.8 Å². The molecule has 5 nitrogen and oxygen atoms in total. The number of nitrogens with one attached hydrogen (secondary N) is 1. The van der Waals surface area contributed by atoms with Gasteiger partial charge in [-0.1, -0.05) is 12.1 Å². The zero-order chi connectivity index (χ0) is 15.4. The van der Waals surface area contributed by atoms with Crippen molar-refractivity contribution in [2.24, 2.45) is 11.1 Å². The van der Waals surface area contributed by atoms with Gasteiger partial charge in [-0.3, -0.25) is 4.79 Å². The van der Waals surface area contributed by atoms with E-state index in [2.05, 4.69) is 10.3 Å². The van der Waals surface area contributed by atoms with Crippen LogP contribution in [0.2, 0.25) is 0 Å². The number of benzene rings is 1. The number of carbonyl (C=O) groups is 1. The Balaban J connectivity index is 0.00000192. The molecule has 3 N–H and O–H groups in total. The van der Waals surface area contributed by atoms with Crippen molar-refractivity contribution in [1.29, 1.82) is 0 Å². The molecule has 3 rings (SSSR count). The maximum Gasteiger partial charge on any atom is 0.232 e. The Hall–Kier alpha value is -1.47. The van der Waals surface area contributed by atoms with Gasteiger partial charge in [-0.2, -0.15) is 0 Å². The molecule has 7 heteroatoms. The van der Waals surface area contributed by atoms with E-state index in [0.29, 0.717) is 32.6 Å². The molecule has 1 aliphatic heterocycles. The van der Waals surface area contributed by atoms with Crippen molar-refractivity contribution in [2.75, 3.05) is 25.1 Å². The highest BCUT2D eigenvalue weighted by atomic mass is 35.5. The lowest BCUT2D eigenvalue weighted by Crippen LogP contribution is -2.46. The zero-order valence-corrected chi connectivity index (χ0v) is 14.3. The van der Waals surface area contributed by atoms with Crippen LogP contribution in [0.25, 0.3) is 10.6 Å². The summed E-state index contributed by atoms with van der Waals surface area (Å²) >= 11 is 1.58. The van der Waals surface area contributed by atoms with E-state index in [1.807, 2.05) is 29.6 Å². The van der Waals surface area contributed by atoms with Crippen molar-refractivity contribution in [1.82, 2.24) is 4.98 Å². The molecule has 1 saturated heterocycles. The third-order valence-electron chi connectivity index (χ3n) is 4.12. The summed E-state index contributed by atoms with van der Waals surface area (Å²) in [6, 6.07) is 7.74. The molecule has 0 saturated carbocycles. The number of aromatic nitrogens is 1. The third-order valence-corrected chi connectivity index (χ3v) is 4.94. The molecule has 0 aliphatic carbocycles. The van der Waals surface area contributed by atoms with Crippen LogP contribution in [-0.4, -0.2) is 30.6 Å². The Morgan fingerprint density at radius 1 is 1.39 bits per heavy atom. The highest BCUT2D eigenvalue weighted by Gasteiger charge is 2.38. The van der Waals surface area contributed by atoms with E-state index in [4.69, 9.17) is 10.5 Å². The van der Waals surface area contributed by atoms with Gasteiger partial charge in [-0.25, -0.2) is 4.98 Å². The van der Waals surface area contributed by atoms with Gasteiger partial charge in [0.05, 0.1) is 5.41 Å². The van der Waals surface area contributed by atoms with Gasteiger partial charge in [0, 0.05) is 42.6 Å². The van der Waals surface area contributed by atoms with Gasteiger partial charge in [-0.15, -0.1) is 23.7 Å². The van der Waals surface area contributed by atoms with Crippen molar-refractivity contribution < 1.29 is 9.53 Å². The average Bonchev–Trinajstić information content (AvgIpc) is 3.10. The minimum absolute atomic E-state index is 0. The van der Waals surface area contributed by atoms with Crippen molar-refractivity contribution in [3.05, 3.63) is 35.8 Å². The van der Waals surface area contributed by atoms with E-state index >= 15 is 0 Å². The minimum atomic E-state index is -0.518. The van der Waals surface area contributed by atoms with Gasteiger partial charge in [0.2, 0.25) is 5.91 Å². The fourth-order valence-corrected chi connectivity index (χ4v) is 3.28. The Labute approximate surface area is 145 Å². The molecule has 1 fully saturated rings. The summed E-state index contributed by atoms with van der Waals surface area (Å²) in [5.41, 5.74) is 7.13. The maximum absolute atomic E-state index is 12.7. The minimum Gasteiger partial charge on any atom is -0.381 e. The van der Waals surface area contributed by atoms with Crippen LogP contribution in [0.5, 0.6) is 0 Å². The van der Waals surface area contributed by atoms with Crippen LogP contribution in [0.1, 0.15) is 12.8 Å². The zero-order valence-electron chi connectivity index (χ0n) is 12.7. The molecule has 2 heterocycles. The molecule has 124 valence electrons. The lowest BCUT2D eigenvalue weighted by Gasteiger charge is -2.34. The largest absolute Gasteiger partial charge is 0.381 e. The van der Waals surface area contributed by atoms with Gasteiger partial charge in [-0.05, 0) is 25.0 Å². The molecule has 1 aromatic carbocycles. The molecule has 1 aliphatic rings. The van der Waals surface area contributed by atoms with Crippen molar-refractivity contribution >= 4 is 35.3 Å². The number of amides is 1. The van der Waals surface area contributed by atoms with Crippen LogP contribution >= 0.6 is 23.7 Å². The smallest absolute Gasteiger partial charge is 0.232 e. The molecule has 2 aromatic rings. The summed E-state index contributed by atoms with van der Waals surface area (Å²) in [5, 5.41) is 5.89. The monoisotopic (exact) mass is 353 g/mol. The van der Waals surface area contributed by atoms with E-state index in [1.165, 1.54) is 0 Å². The Morgan fingerprint density at radius 3 is 2.83 bits per heavy atom.